The van der Waals surface area contributed by atoms with E-state index in [1.165, 1.54) is 12.1 Å². The minimum Gasteiger partial charge on any atom is -0.378 e. The number of rotatable bonds is 3. The molecule has 0 unspecified atom stereocenters. The van der Waals surface area contributed by atoms with Crippen molar-refractivity contribution in [3.63, 3.8) is 0 Å². The van der Waals surface area contributed by atoms with Gasteiger partial charge in [0.1, 0.15) is 6.10 Å². The number of ether oxygens (including phenoxy) is 1. The fourth-order valence-electron chi connectivity index (χ4n) is 1.72. The summed E-state index contributed by atoms with van der Waals surface area (Å²) in [6.07, 6.45) is -2.12. The molecule has 100 valence electrons. The maximum Gasteiger partial charge on any atom is 0.297 e. The Hall–Kier alpha value is -0.980. The molecule has 1 aliphatic heterocycles. The van der Waals surface area contributed by atoms with E-state index in [0.29, 0.717) is 6.61 Å². The first-order chi connectivity index (χ1) is 8.49. The zero-order valence-electron chi connectivity index (χ0n) is 10.0. The van der Waals surface area contributed by atoms with Gasteiger partial charge in [0, 0.05) is 13.0 Å². The summed E-state index contributed by atoms with van der Waals surface area (Å²) in [7, 11) is -3.91. The van der Waals surface area contributed by atoms with Crippen LogP contribution in [0.5, 0.6) is 0 Å². The smallest absolute Gasteiger partial charge is 0.297 e. The normalized spacial score (nSPS) is 25.0. The summed E-state index contributed by atoms with van der Waals surface area (Å²) in [6.45, 7) is 2.05. The Morgan fingerprint density at radius 3 is 2.61 bits per heavy atom. The molecule has 1 heterocycles. The van der Waals surface area contributed by atoms with Gasteiger partial charge in [0.2, 0.25) is 0 Å². The standard InChI is InChI=1S/C12H15FO4S/c1-9-2-4-10(5-3-9)18(14,15)17-12-6-7-16-8-11(12)13/h2-5,11-12H,6-8H2,1H3/t11-,12+/m1/s1. The van der Waals surface area contributed by atoms with Gasteiger partial charge in [0.25, 0.3) is 10.1 Å². The SMILES string of the molecule is Cc1ccc(S(=O)(=O)O[C@H]2CCOC[C@H]2F)cc1. The van der Waals surface area contributed by atoms with Crippen LogP contribution in [0.1, 0.15) is 12.0 Å². The number of hydrogen-bond donors (Lipinski definition) is 0. The van der Waals surface area contributed by atoms with Crippen LogP contribution >= 0.6 is 0 Å². The van der Waals surface area contributed by atoms with Gasteiger partial charge in [-0.15, -0.1) is 0 Å². The van der Waals surface area contributed by atoms with Gasteiger partial charge in [0.15, 0.2) is 6.17 Å². The van der Waals surface area contributed by atoms with E-state index in [-0.39, 0.29) is 17.9 Å². The van der Waals surface area contributed by atoms with Crippen LogP contribution in [-0.2, 0) is 19.0 Å². The van der Waals surface area contributed by atoms with Crippen LogP contribution in [0.4, 0.5) is 4.39 Å². The second kappa shape index (κ2) is 5.34. The molecule has 2 rings (SSSR count). The molecule has 0 bridgehead atoms. The number of aryl methyl sites for hydroxylation is 1. The van der Waals surface area contributed by atoms with Gasteiger partial charge in [-0.25, -0.2) is 4.39 Å². The van der Waals surface area contributed by atoms with Crippen molar-refractivity contribution in [3.8, 4) is 0 Å². The average molecular weight is 274 g/mol. The maximum atomic E-state index is 13.4. The lowest BCUT2D eigenvalue weighted by molar-refractivity contribution is -0.0358. The van der Waals surface area contributed by atoms with Crippen molar-refractivity contribution in [1.82, 2.24) is 0 Å². The van der Waals surface area contributed by atoms with E-state index in [1.807, 2.05) is 6.92 Å². The van der Waals surface area contributed by atoms with Crippen LogP contribution in [0.15, 0.2) is 29.2 Å². The Morgan fingerprint density at radius 2 is 2.00 bits per heavy atom. The molecule has 1 fully saturated rings. The largest absolute Gasteiger partial charge is 0.378 e. The third kappa shape index (κ3) is 3.07. The van der Waals surface area contributed by atoms with Gasteiger partial charge in [0.05, 0.1) is 11.5 Å². The molecule has 2 atom stereocenters. The Bertz CT molecular complexity index is 497. The third-order valence-corrected chi connectivity index (χ3v) is 4.14. The van der Waals surface area contributed by atoms with E-state index in [0.717, 1.165) is 5.56 Å². The highest BCUT2D eigenvalue weighted by atomic mass is 32.2. The molecule has 1 saturated heterocycles. The average Bonchev–Trinajstić information content (AvgIpc) is 2.32. The molecule has 0 saturated carbocycles. The predicted molar refractivity (Wildman–Crippen MR) is 63.6 cm³/mol. The molecular weight excluding hydrogens is 259 g/mol. The predicted octanol–water partition coefficient (Wildman–Crippen LogP) is 1.83. The third-order valence-electron chi connectivity index (χ3n) is 2.79. The Morgan fingerprint density at radius 1 is 1.33 bits per heavy atom. The quantitative estimate of drug-likeness (QED) is 0.789. The van der Waals surface area contributed by atoms with Gasteiger partial charge in [-0.1, -0.05) is 17.7 Å². The number of hydrogen-bond acceptors (Lipinski definition) is 4. The first kappa shape index (κ1) is 13.5. The fourth-order valence-corrected chi connectivity index (χ4v) is 2.84. The molecule has 0 aliphatic carbocycles. The second-order valence-electron chi connectivity index (χ2n) is 4.28. The molecule has 0 radical (unpaired) electrons. The summed E-state index contributed by atoms with van der Waals surface area (Å²) in [5.41, 5.74) is 0.948. The van der Waals surface area contributed by atoms with E-state index >= 15 is 0 Å². The van der Waals surface area contributed by atoms with Crippen LogP contribution in [0.3, 0.4) is 0 Å². The van der Waals surface area contributed by atoms with Gasteiger partial charge in [-0.2, -0.15) is 8.42 Å². The Kier molecular flexibility index (Phi) is 3.99. The monoisotopic (exact) mass is 274 g/mol. The summed E-state index contributed by atoms with van der Waals surface area (Å²) in [5.74, 6) is 0. The van der Waals surface area contributed by atoms with Crippen molar-refractivity contribution < 1.29 is 21.7 Å². The van der Waals surface area contributed by atoms with E-state index < -0.39 is 22.4 Å². The Balaban J connectivity index is 2.13. The minimum atomic E-state index is -3.91. The molecule has 0 aromatic heterocycles. The van der Waals surface area contributed by atoms with Gasteiger partial charge < -0.3 is 4.74 Å². The van der Waals surface area contributed by atoms with Crippen molar-refractivity contribution in [1.29, 1.82) is 0 Å². The van der Waals surface area contributed by atoms with Crippen LogP contribution in [0, 0.1) is 6.92 Å². The highest BCUT2D eigenvalue weighted by Crippen LogP contribution is 2.21. The van der Waals surface area contributed by atoms with Crippen LogP contribution in [0.2, 0.25) is 0 Å². The first-order valence-corrected chi connectivity index (χ1v) is 7.11. The van der Waals surface area contributed by atoms with Crippen molar-refractivity contribution in [2.45, 2.75) is 30.5 Å². The van der Waals surface area contributed by atoms with Crippen molar-refractivity contribution in [2.75, 3.05) is 13.2 Å². The molecule has 1 aliphatic rings. The van der Waals surface area contributed by atoms with Crippen molar-refractivity contribution in [2.24, 2.45) is 0 Å². The highest BCUT2D eigenvalue weighted by Gasteiger charge is 2.31. The molecule has 1 aromatic rings. The molecule has 0 spiro atoms. The van der Waals surface area contributed by atoms with E-state index in [9.17, 15) is 12.8 Å². The topological polar surface area (TPSA) is 52.6 Å². The van der Waals surface area contributed by atoms with Crippen molar-refractivity contribution >= 4 is 10.1 Å². The number of alkyl halides is 1. The highest BCUT2D eigenvalue weighted by molar-refractivity contribution is 7.86. The summed E-state index contributed by atoms with van der Waals surface area (Å²) < 4.78 is 47.1. The van der Waals surface area contributed by atoms with Crippen molar-refractivity contribution in [3.05, 3.63) is 29.8 Å². The fraction of sp³-hybridized carbons (Fsp3) is 0.500. The zero-order chi connectivity index (χ0) is 13.2. The van der Waals surface area contributed by atoms with Gasteiger partial charge in [-0.3, -0.25) is 4.18 Å². The summed E-state index contributed by atoms with van der Waals surface area (Å²) >= 11 is 0. The summed E-state index contributed by atoms with van der Waals surface area (Å²) in [5, 5.41) is 0. The summed E-state index contributed by atoms with van der Waals surface area (Å²) in [4.78, 5) is 0.0480. The minimum absolute atomic E-state index is 0.0480. The zero-order valence-corrected chi connectivity index (χ0v) is 10.8. The first-order valence-electron chi connectivity index (χ1n) is 5.71. The molecule has 0 N–H and O–H groups in total. The molecule has 6 heteroatoms. The van der Waals surface area contributed by atoms with Crippen LogP contribution in [0.25, 0.3) is 0 Å². The maximum absolute atomic E-state index is 13.4. The molecule has 1 aromatic carbocycles. The van der Waals surface area contributed by atoms with Crippen LogP contribution in [-0.4, -0.2) is 33.9 Å². The second-order valence-corrected chi connectivity index (χ2v) is 5.85. The number of halogens is 1. The lowest BCUT2D eigenvalue weighted by Crippen LogP contribution is -2.37. The van der Waals surface area contributed by atoms with E-state index in [4.69, 9.17) is 8.92 Å². The summed E-state index contributed by atoms with van der Waals surface area (Å²) in [6, 6.07) is 6.26. The molecule has 0 amide bonds. The lowest BCUT2D eigenvalue weighted by Gasteiger charge is -2.25. The van der Waals surface area contributed by atoms with Crippen LogP contribution < -0.4 is 0 Å². The lowest BCUT2D eigenvalue weighted by atomic mass is 10.1. The van der Waals surface area contributed by atoms with Gasteiger partial charge >= 0.3 is 0 Å². The Labute approximate surface area is 106 Å². The molecule has 18 heavy (non-hydrogen) atoms. The van der Waals surface area contributed by atoms with Gasteiger partial charge in [-0.05, 0) is 19.1 Å². The number of benzene rings is 1. The van der Waals surface area contributed by atoms with E-state index in [2.05, 4.69) is 0 Å². The molecule has 4 nitrogen and oxygen atoms in total. The van der Waals surface area contributed by atoms with E-state index in [1.54, 1.807) is 12.1 Å². The molecular formula is C12H15FO4S.